The molecule has 130 valence electrons. The van der Waals surface area contributed by atoms with Gasteiger partial charge in [-0.3, -0.25) is 4.79 Å². The van der Waals surface area contributed by atoms with Gasteiger partial charge in [-0.1, -0.05) is 27.2 Å². The molecule has 1 N–H and O–H groups in total. The summed E-state index contributed by atoms with van der Waals surface area (Å²) < 4.78 is 0. The Morgan fingerprint density at radius 3 is 2.22 bits per heavy atom. The van der Waals surface area contributed by atoms with Crippen LogP contribution >= 0.6 is 0 Å². The van der Waals surface area contributed by atoms with Crippen molar-refractivity contribution in [2.45, 2.75) is 79.1 Å². The highest BCUT2D eigenvalue weighted by molar-refractivity contribution is 5.87. The van der Waals surface area contributed by atoms with Gasteiger partial charge < -0.3 is 0 Å². The van der Waals surface area contributed by atoms with Crippen LogP contribution < -0.4 is 5.43 Å². The van der Waals surface area contributed by atoms with E-state index in [4.69, 9.17) is 0 Å². The normalized spacial score (nSPS) is 37.9. The summed E-state index contributed by atoms with van der Waals surface area (Å²) in [5.41, 5.74) is 4.43. The summed E-state index contributed by atoms with van der Waals surface area (Å²) in [5, 5.41) is 4.48. The molecule has 0 spiro atoms. The van der Waals surface area contributed by atoms with Crippen LogP contribution in [0.5, 0.6) is 0 Å². The van der Waals surface area contributed by atoms with E-state index in [1.165, 1.54) is 38.5 Å². The third-order valence-corrected chi connectivity index (χ3v) is 6.94. The fourth-order valence-electron chi connectivity index (χ4n) is 5.30. The maximum Gasteiger partial charge on any atom is 0.243 e. The van der Waals surface area contributed by atoms with E-state index < -0.39 is 0 Å². The Kier molecular flexibility index (Phi) is 4.85. The van der Waals surface area contributed by atoms with E-state index >= 15 is 0 Å². The van der Waals surface area contributed by atoms with Crippen molar-refractivity contribution in [2.75, 3.05) is 0 Å². The average Bonchev–Trinajstić information content (AvgIpc) is 3.14. The van der Waals surface area contributed by atoms with Gasteiger partial charge in [0.1, 0.15) is 0 Å². The van der Waals surface area contributed by atoms with Crippen LogP contribution in [0.2, 0.25) is 0 Å². The summed E-state index contributed by atoms with van der Waals surface area (Å²) in [6.07, 6.45) is 9.87. The Hall–Kier alpha value is -0.860. The van der Waals surface area contributed by atoms with Crippen LogP contribution in [-0.2, 0) is 4.79 Å². The second kappa shape index (κ2) is 6.57. The van der Waals surface area contributed by atoms with E-state index in [1.807, 2.05) is 0 Å². The molecule has 0 unspecified atom stereocenters. The molecule has 23 heavy (non-hydrogen) atoms. The molecule has 3 fully saturated rings. The molecule has 3 rings (SSSR count). The molecule has 3 atom stereocenters. The predicted molar refractivity (Wildman–Crippen MR) is 95.1 cm³/mol. The predicted octanol–water partition coefficient (Wildman–Crippen LogP) is 4.77. The average molecular weight is 319 g/mol. The molecule has 0 saturated heterocycles. The lowest BCUT2D eigenvalue weighted by Gasteiger charge is -2.36. The quantitative estimate of drug-likeness (QED) is 0.591. The van der Waals surface area contributed by atoms with Gasteiger partial charge in [-0.05, 0) is 75.0 Å². The van der Waals surface area contributed by atoms with Crippen LogP contribution in [0.3, 0.4) is 0 Å². The summed E-state index contributed by atoms with van der Waals surface area (Å²) in [5.74, 6) is 3.47. The highest BCUT2D eigenvalue weighted by Gasteiger charge is 2.40. The Labute approximate surface area is 141 Å². The molecule has 3 saturated carbocycles. The number of rotatable bonds is 3. The van der Waals surface area contributed by atoms with Crippen LogP contribution in [0.1, 0.15) is 79.1 Å². The van der Waals surface area contributed by atoms with Crippen LogP contribution in [0.15, 0.2) is 5.10 Å². The molecule has 2 bridgehead atoms. The van der Waals surface area contributed by atoms with Gasteiger partial charge in [0.05, 0.1) is 0 Å². The summed E-state index contributed by atoms with van der Waals surface area (Å²) in [4.78, 5) is 12.4. The fraction of sp³-hybridized carbons (Fsp3) is 0.900. The summed E-state index contributed by atoms with van der Waals surface area (Å²) in [6.45, 7) is 9.07. The first kappa shape index (κ1) is 17.0. The topological polar surface area (TPSA) is 41.5 Å². The smallest absolute Gasteiger partial charge is 0.243 e. The number of nitrogens with one attached hydrogen (secondary N) is 1. The van der Waals surface area contributed by atoms with Crippen molar-refractivity contribution >= 4 is 11.6 Å². The van der Waals surface area contributed by atoms with Crippen molar-refractivity contribution in [1.29, 1.82) is 0 Å². The first-order chi connectivity index (χ1) is 10.8. The summed E-state index contributed by atoms with van der Waals surface area (Å²) in [7, 11) is 0. The maximum atomic E-state index is 12.4. The molecule has 0 aromatic carbocycles. The van der Waals surface area contributed by atoms with Crippen LogP contribution in [0.4, 0.5) is 0 Å². The van der Waals surface area contributed by atoms with Crippen molar-refractivity contribution in [3.8, 4) is 0 Å². The van der Waals surface area contributed by atoms with Crippen molar-refractivity contribution in [1.82, 2.24) is 5.43 Å². The Morgan fingerprint density at radius 2 is 1.70 bits per heavy atom. The van der Waals surface area contributed by atoms with Gasteiger partial charge in [-0.15, -0.1) is 0 Å². The fourth-order valence-corrected chi connectivity index (χ4v) is 5.30. The largest absolute Gasteiger partial charge is 0.273 e. The standard InChI is InChI=1S/C20H34N2O/c1-13(18-12-14-5-6-16(18)11-14)21-22-19(23)15-7-9-17(10-8-15)20(2,3)4/h14-18H,5-12H2,1-4H3,(H,22,23)/b21-13-/t14-,15?,16-,17?,18-/m1/s1. The van der Waals surface area contributed by atoms with Gasteiger partial charge in [-0.2, -0.15) is 5.10 Å². The molecule has 0 aliphatic heterocycles. The second-order valence-electron chi connectivity index (χ2n) is 9.43. The molecule has 3 aliphatic rings. The van der Waals surface area contributed by atoms with Gasteiger partial charge in [0.15, 0.2) is 0 Å². The number of hydrazone groups is 1. The SMILES string of the molecule is C/C(=N/NC(=O)C1CCC(C(C)(C)C)CC1)[C@H]1C[C@@H]2CC[C@@H]1C2. The molecule has 3 aliphatic carbocycles. The summed E-state index contributed by atoms with van der Waals surface area (Å²) in [6, 6.07) is 0. The zero-order valence-corrected chi connectivity index (χ0v) is 15.4. The number of carbonyl (C=O) groups excluding carboxylic acids is 1. The number of carbonyl (C=O) groups is 1. The van der Waals surface area contributed by atoms with Gasteiger partial charge in [0, 0.05) is 17.5 Å². The molecule has 0 radical (unpaired) electrons. The number of amides is 1. The minimum Gasteiger partial charge on any atom is -0.273 e. The van der Waals surface area contributed by atoms with E-state index in [-0.39, 0.29) is 11.8 Å². The van der Waals surface area contributed by atoms with E-state index in [9.17, 15) is 4.79 Å². The van der Waals surface area contributed by atoms with E-state index in [0.29, 0.717) is 11.3 Å². The number of hydrogen-bond donors (Lipinski definition) is 1. The Balaban J connectivity index is 1.47. The van der Waals surface area contributed by atoms with Gasteiger partial charge >= 0.3 is 0 Å². The van der Waals surface area contributed by atoms with Gasteiger partial charge in [0.25, 0.3) is 0 Å². The second-order valence-corrected chi connectivity index (χ2v) is 9.43. The monoisotopic (exact) mass is 318 g/mol. The minimum absolute atomic E-state index is 0.153. The van der Waals surface area contributed by atoms with E-state index in [0.717, 1.165) is 36.3 Å². The van der Waals surface area contributed by atoms with Crippen LogP contribution in [0.25, 0.3) is 0 Å². The number of nitrogens with zero attached hydrogens (tertiary/aromatic N) is 1. The van der Waals surface area contributed by atoms with E-state index in [1.54, 1.807) is 0 Å². The highest BCUT2D eigenvalue weighted by atomic mass is 16.2. The molecule has 3 nitrogen and oxygen atoms in total. The zero-order valence-electron chi connectivity index (χ0n) is 15.4. The minimum atomic E-state index is 0.153. The van der Waals surface area contributed by atoms with Crippen molar-refractivity contribution in [3.05, 3.63) is 0 Å². The van der Waals surface area contributed by atoms with Gasteiger partial charge in [0.2, 0.25) is 5.91 Å². The molecular weight excluding hydrogens is 284 g/mol. The van der Waals surface area contributed by atoms with Crippen molar-refractivity contribution in [3.63, 3.8) is 0 Å². The lowest BCUT2D eigenvalue weighted by atomic mass is 9.70. The third-order valence-electron chi connectivity index (χ3n) is 6.94. The molecular formula is C20H34N2O. The zero-order chi connectivity index (χ0) is 16.6. The van der Waals surface area contributed by atoms with Crippen molar-refractivity contribution in [2.24, 2.45) is 40.1 Å². The lowest BCUT2D eigenvalue weighted by molar-refractivity contribution is -0.126. The lowest BCUT2D eigenvalue weighted by Crippen LogP contribution is -2.34. The summed E-state index contributed by atoms with van der Waals surface area (Å²) >= 11 is 0. The van der Waals surface area contributed by atoms with Gasteiger partial charge in [-0.25, -0.2) is 5.43 Å². The molecule has 1 amide bonds. The number of fused-ring (bicyclic) bond motifs is 2. The Bertz CT molecular complexity index is 469. The van der Waals surface area contributed by atoms with Crippen molar-refractivity contribution < 1.29 is 4.79 Å². The van der Waals surface area contributed by atoms with E-state index in [2.05, 4.69) is 38.2 Å². The highest BCUT2D eigenvalue weighted by Crippen LogP contribution is 2.48. The molecule has 0 heterocycles. The molecule has 0 aromatic rings. The first-order valence-corrected chi connectivity index (χ1v) is 9.68. The Morgan fingerprint density at radius 1 is 1.00 bits per heavy atom. The maximum absolute atomic E-state index is 12.4. The van der Waals surface area contributed by atoms with Crippen LogP contribution in [0, 0.1) is 35.0 Å². The molecule has 3 heteroatoms. The third kappa shape index (κ3) is 3.80. The first-order valence-electron chi connectivity index (χ1n) is 9.68. The molecule has 0 aromatic heterocycles. The van der Waals surface area contributed by atoms with Crippen LogP contribution in [-0.4, -0.2) is 11.6 Å². The number of hydrogen-bond acceptors (Lipinski definition) is 2.